The lowest BCUT2D eigenvalue weighted by atomic mass is 9.98. The molecule has 0 radical (unpaired) electrons. The number of aliphatic hydroxyl groups is 1. The number of amides is 1. The van der Waals surface area contributed by atoms with Crippen LogP contribution in [0.4, 0.5) is 0 Å². The minimum Gasteiger partial charge on any atom is -0.390 e. The van der Waals surface area contributed by atoms with E-state index in [0.717, 1.165) is 35.4 Å². The molecule has 1 aliphatic heterocycles. The molecule has 20 heavy (non-hydrogen) atoms. The zero-order valence-corrected chi connectivity index (χ0v) is 13.3. The predicted molar refractivity (Wildman–Crippen MR) is 83.3 cm³/mol. The minimum atomic E-state index is -0.634. The van der Waals surface area contributed by atoms with Crippen molar-refractivity contribution >= 4 is 17.7 Å². The van der Waals surface area contributed by atoms with E-state index >= 15 is 0 Å². The van der Waals surface area contributed by atoms with Gasteiger partial charge < -0.3 is 10.0 Å². The zero-order chi connectivity index (χ0) is 14.8. The van der Waals surface area contributed by atoms with Crippen LogP contribution in [-0.2, 0) is 0 Å². The second-order valence-electron chi connectivity index (χ2n) is 5.82. The van der Waals surface area contributed by atoms with Gasteiger partial charge in [-0.25, -0.2) is 0 Å². The van der Waals surface area contributed by atoms with Crippen LogP contribution in [0.1, 0.15) is 42.1 Å². The van der Waals surface area contributed by atoms with Gasteiger partial charge >= 0.3 is 0 Å². The molecule has 1 aromatic carbocycles. The van der Waals surface area contributed by atoms with E-state index in [9.17, 15) is 9.90 Å². The average Bonchev–Trinajstić information content (AvgIpc) is 2.59. The highest BCUT2D eigenvalue weighted by atomic mass is 32.2. The van der Waals surface area contributed by atoms with E-state index in [-0.39, 0.29) is 5.91 Å². The van der Waals surface area contributed by atoms with Gasteiger partial charge in [-0.2, -0.15) is 0 Å². The molecular weight excluding hydrogens is 270 g/mol. The second kappa shape index (κ2) is 6.19. The summed E-state index contributed by atoms with van der Waals surface area (Å²) in [6, 6.07) is 6.03. The van der Waals surface area contributed by atoms with Crippen molar-refractivity contribution in [3.8, 4) is 0 Å². The maximum Gasteiger partial charge on any atom is 0.254 e. The summed E-state index contributed by atoms with van der Waals surface area (Å²) in [4.78, 5) is 15.7. The van der Waals surface area contributed by atoms with Crippen molar-refractivity contribution in [2.75, 3.05) is 19.3 Å². The lowest BCUT2D eigenvalue weighted by Crippen LogP contribution is -2.33. The molecule has 1 N–H and O–H groups in total. The van der Waals surface area contributed by atoms with E-state index in [1.54, 1.807) is 11.8 Å². The van der Waals surface area contributed by atoms with Gasteiger partial charge in [-0.1, -0.05) is 6.07 Å². The first-order valence-electron chi connectivity index (χ1n) is 7.09. The van der Waals surface area contributed by atoms with Crippen LogP contribution in [0.2, 0.25) is 0 Å². The minimum absolute atomic E-state index is 0.0936. The Morgan fingerprint density at radius 1 is 1.35 bits per heavy atom. The smallest absolute Gasteiger partial charge is 0.254 e. The molecule has 1 fully saturated rings. The van der Waals surface area contributed by atoms with Crippen LogP contribution >= 0.6 is 11.8 Å². The summed E-state index contributed by atoms with van der Waals surface area (Å²) in [6.45, 7) is 5.21. The summed E-state index contributed by atoms with van der Waals surface area (Å²) in [6.07, 6.45) is 4.29. The van der Waals surface area contributed by atoms with Crippen LogP contribution in [0.15, 0.2) is 23.1 Å². The summed E-state index contributed by atoms with van der Waals surface area (Å²) in [7, 11) is 0. The monoisotopic (exact) mass is 293 g/mol. The van der Waals surface area contributed by atoms with Crippen molar-refractivity contribution in [1.29, 1.82) is 0 Å². The van der Waals surface area contributed by atoms with Gasteiger partial charge in [0.15, 0.2) is 0 Å². The first-order chi connectivity index (χ1) is 9.43. The summed E-state index contributed by atoms with van der Waals surface area (Å²) in [5.41, 5.74) is 1.17. The number of likely N-dealkylation sites (tertiary alicyclic amines) is 1. The zero-order valence-electron chi connectivity index (χ0n) is 12.5. The molecule has 1 amide bonds. The molecule has 1 aliphatic rings. The molecular formula is C16H23NO2S. The average molecular weight is 293 g/mol. The fourth-order valence-corrected chi connectivity index (χ4v) is 3.04. The second-order valence-corrected chi connectivity index (χ2v) is 6.70. The van der Waals surface area contributed by atoms with E-state index in [0.29, 0.717) is 13.0 Å². The van der Waals surface area contributed by atoms with Gasteiger partial charge in [-0.15, -0.1) is 11.8 Å². The number of rotatable bonds is 2. The van der Waals surface area contributed by atoms with Crippen LogP contribution in [0.25, 0.3) is 0 Å². The van der Waals surface area contributed by atoms with Crippen LogP contribution in [-0.4, -0.2) is 40.9 Å². The summed E-state index contributed by atoms with van der Waals surface area (Å²) < 4.78 is 0. The molecule has 0 aliphatic carbocycles. The number of carbonyl (C=O) groups is 1. The van der Waals surface area contributed by atoms with Crippen molar-refractivity contribution in [1.82, 2.24) is 4.90 Å². The molecule has 1 atom stereocenters. The van der Waals surface area contributed by atoms with Gasteiger partial charge in [0.1, 0.15) is 0 Å². The van der Waals surface area contributed by atoms with E-state index in [2.05, 4.69) is 0 Å². The maximum atomic E-state index is 12.7. The number of thioether (sulfide) groups is 1. The van der Waals surface area contributed by atoms with Crippen molar-refractivity contribution in [3.63, 3.8) is 0 Å². The molecule has 1 aromatic rings. The number of carbonyl (C=O) groups excluding carboxylic acids is 1. The van der Waals surface area contributed by atoms with Gasteiger partial charge in [0.25, 0.3) is 5.91 Å². The third kappa shape index (κ3) is 3.55. The number of benzene rings is 1. The Balaban J connectivity index is 2.18. The first-order valence-corrected chi connectivity index (χ1v) is 8.32. The SMILES string of the molecule is CSc1ccc(C)c(C(=O)N2CCCC(C)(O)CC2)c1. The summed E-state index contributed by atoms with van der Waals surface area (Å²) in [5.74, 6) is 0.0936. The maximum absolute atomic E-state index is 12.7. The lowest BCUT2D eigenvalue weighted by molar-refractivity contribution is 0.0438. The summed E-state index contributed by atoms with van der Waals surface area (Å²) >= 11 is 1.65. The Morgan fingerprint density at radius 2 is 2.10 bits per heavy atom. The largest absolute Gasteiger partial charge is 0.390 e. The van der Waals surface area contributed by atoms with Crippen molar-refractivity contribution in [2.45, 2.75) is 43.6 Å². The number of nitrogens with zero attached hydrogens (tertiary/aromatic N) is 1. The normalized spacial score (nSPS) is 23.5. The number of aryl methyl sites for hydroxylation is 1. The van der Waals surface area contributed by atoms with E-state index < -0.39 is 5.60 Å². The Bertz CT molecular complexity index is 499. The molecule has 0 bridgehead atoms. The molecule has 1 unspecified atom stereocenters. The van der Waals surface area contributed by atoms with E-state index in [4.69, 9.17) is 0 Å². The fourth-order valence-electron chi connectivity index (χ4n) is 2.60. The molecule has 110 valence electrons. The van der Waals surface area contributed by atoms with Crippen molar-refractivity contribution < 1.29 is 9.90 Å². The molecule has 1 heterocycles. The Morgan fingerprint density at radius 3 is 2.80 bits per heavy atom. The molecule has 1 saturated heterocycles. The topological polar surface area (TPSA) is 40.5 Å². The molecule has 4 heteroatoms. The van der Waals surface area contributed by atoms with Crippen LogP contribution in [0.3, 0.4) is 0 Å². The molecule has 0 saturated carbocycles. The predicted octanol–water partition coefficient (Wildman–Crippen LogP) is 3.09. The van der Waals surface area contributed by atoms with Crippen LogP contribution in [0, 0.1) is 6.92 Å². The quantitative estimate of drug-likeness (QED) is 0.852. The van der Waals surface area contributed by atoms with E-state index in [1.165, 1.54) is 0 Å². The summed E-state index contributed by atoms with van der Waals surface area (Å²) in [5, 5.41) is 10.1. The number of hydrogen-bond donors (Lipinski definition) is 1. The van der Waals surface area contributed by atoms with Gasteiger partial charge in [0, 0.05) is 23.5 Å². The Kier molecular flexibility index (Phi) is 4.76. The highest BCUT2D eigenvalue weighted by Gasteiger charge is 2.27. The van der Waals surface area contributed by atoms with Gasteiger partial charge in [-0.05, 0) is 57.1 Å². The fraction of sp³-hybridized carbons (Fsp3) is 0.562. The Labute approximate surface area is 125 Å². The van der Waals surface area contributed by atoms with Crippen LogP contribution < -0.4 is 0 Å². The number of hydrogen-bond acceptors (Lipinski definition) is 3. The first kappa shape index (κ1) is 15.4. The molecule has 2 rings (SSSR count). The highest BCUT2D eigenvalue weighted by molar-refractivity contribution is 7.98. The van der Waals surface area contributed by atoms with Crippen LogP contribution in [0.5, 0.6) is 0 Å². The third-order valence-corrected chi connectivity index (χ3v) is 4.75. The van der Waals surface area contributed by atoms with Gasteiger partial charge in [-0.3, -0.25) is 4.79 Å². The molecule has 3 nitrogen and oxygen atoms in total. The van der Waals surface area contributed by atoms with Crippen molar-refractivity contribution in [2.24, 2.45) is 0 Å². The Hall–Kier alpha value is -1.00. The van der Waals surface area contributed by atoms with E-state index in [1.807, 2.05) is 43.2 Å². The molecule has 0 spiro atoms. The molecule has 0 aromatic heterocycles. The highest BCUT2D eigenvalue weighted by Crippen LogP contribution is 2.24. The van der Waals surface area contributed by atoms with Crippen molar-refractivity contribution in [3.05, 3.63) is 29.3 Å². The lowest BCUT2D eigenvalue weighted by Gasteiger charge is -2.23. The van der Waals surface area contributed by atoms with Gasteiger partial charge in [0.05, 0.1) is 5.60 Å². The third-order valence-electron chi connectivity index (χ3n) is 4.03. The standard InChI is InChI=1S/C16H23NO2S/c1-12-5-6-13(20-3)11-14(12)15(18)17-9-4-7-16(2,19)8-10-17/h5-6,11,19H,4,7-10H2,1-3H3. The van der Waals surface area contributed by atoms with Gasteiger partial charge in [0.2, 0.25) is 0 Å².